The van der Waals surface area contributed by atoms with Crippen LogP contribution in [0, 0.1) is 6.92 Å². The minimum absolute atomic E-state index is 0.237. The molecule has 0 saturated carbocycles. The first-order valence-corrected chi connectivity index (χ1v) is 10.9. The summed E-state index contributed by atoms with van der Waals surface area (Å²) in [4.78, 5) is 16.7. The molecule has 166 valence electrons. The van der Waals surface area contributed by atoms with Gasteiger partial charge in [0.2, 0.25) is 5.95 Å². The van der Waals surface area contributed by atoms with Crippen LogP contribution in [0.2, 0.25) is 0 Å². The molecule has 1 aliphatic heterocycles. The number of nitrogens with zero attached hydrogens (tertiary/aromatic N) is 6. The molecule has 4 heterocycles. The SMILES string of the molecule is COCCn1nc(C(C)C)c2nc(N3CCN[C@H](C)C3)nc(Nc3ccc(C)cn3)c21. The highest BCUT2D eigenvalue weighted by Gasteiger charge is 2.24. The van der Waals surface area contributed by atoms with Gasteiger partial charge in [0.25, 0.3) is 0 Å². The van der Waals surface area contributed by atoms with Crippen LogP contribution in [-0.4, -0.2) is 64.1 Å². The number of nitrogens with one attached hydrogen (secondary N) is 2. The maximum absolute atomic E-state index is 5.32. The summed E-state index contributed by atoms with van der Waals surface area (Å²) < 4.78 is 7.27. The van der Waals surface area contributed by atoms with E-state index in [1.54, 1.807) is 7.11 Å². The van der Waals surface area contributed by atoms with E-state index in [-0.39, 0.29) is 5.92 Å². The smallest absolute Gasteiger partial charge is 0.228 e. The van der Waals surface area contributed by atoms with E-state index >= 15 is 0 Å². The molecule has 0 bridgehead atoms. The third kappa shape index (κ3) is 4.62. The van der Waals surface area contributed by atoms with Gasteiger partial charge < -0.3 is 20.3 Å². The van der Waals surface area contributed by atoms with E-state index in [0.717, 1.165) is 59.5 Å². The fourth-order valence-corrected chi connectivity index (χ4v) is 3.83. The number of aryl methyl sites for hydroxylation is 1. The molecule has 0 aromatic carbocycles. The predicted molar refractivity (Wildman–Crippen MR) is 123 cm³/mol. The molecule has 1 aliphatic rings. The molecule has 31 heavy (non-hydrogen) atoms. The second-order valence-corrected chi connectivity index (χ2v) is 8.47. The Hall–Kier alpha value is -2.78. The molecule has 9 nitrogen and oxygen atoms in total. The molecule has 4 rings (SSSR count). The van der Waals surface area contributed by atoms with Crippen molar-refractivity contribution in [3.8, 4) is 0 Å². The van der Waals surface area contributed by atoms with E-state index in [0.29, 0.717) is 19.2 Å². The molecule has 0 amide bonds. The zero-order chi connectivity index (χ0) is 22.0. The van der Waals surface area contributed by atoms with Crippen LogP contribution < -0.4 is 15.5 Å². The Kier molecular flexibility index (Phi) is 6.33. The third-order valence-electron chi connectivity index (χ3n) is 5.46. The summed E-state index contributed by atoms with van der Waals surface area (Å²) in [6.45, 7) is 12.3. The third-order valence-corrected chi connectivity index (χ3v) is 5.46. The van der Waals surface area contributed by atoms with E-state index in [1.165, 1.54) is 0 Å². The van der Waals surface area contributed by atoms with E-state index in [4.69, 9.17) is 19.8 Å². The van der Waals surface area contributed by atoms with E-state index in [9.17, 15) is 0 Å². The van der Waals surface area contributed by atoms with Gasteiger partial charge in [-0.15, -0.1) is 0 Å². The lowest BCUT2D eigenvalue weighted by atomic mass is 10.1. The second-order valence-electron chi connectivity index (χ2n) is 8.47. The molecule has 1 fully saturated rings. The zero-order valence-electron chi connectivity index (χ0n) is 19.0. The first-order chi connectivity index (χ1) is 15.0. The van der Waals surface area contributed by atoms with Gasteiger partial charge in [-0.1, -0.05) is 19.9 Å². The van der Waals surface area contributed by atoms with E-state index in [1.807, 2.05) is 29.9 Å². The molecule has 9 heteroatoms. The summed E-state index contributed by atoms with van der Waals surface area (Å²) in [7, 11) is 1.70. The molecular formula is C22H32N8O. The van der Waals surface area contributed by atoms with Crippen molar-refractivity contribution in [3.05, 3.63) is 29.6 Å². The Balaban J connectivity index is 1.86. The number of ether oxygens (including phenoxy) is 1. The maximum atomic E-state index is 5.32. The van der Waals surface area contributed by atoms with Gasteiger partial charge in [0, 0.05) is 39.0 Å². The van der Waals surface area contributed by atoms with Crippen molar-refractivity contribution in [1.82, 2.24) is 30.0 Å². The van der Waals surface area contributed by atoms with Gasteiger partial charge in [-0.3, -0.25) is 4.68 Å². The van der Waals surface area contributed by atoms with Gasteiger partial charge in [-0.25, -0.2) is 9.97 Å². The van der Waals surface area contributed by atoms with Crippen LogP contribution in [0.3, 0.4) is 0 Å². The number of piperazine rings is 1. The Labute approximate surface area is 183 Å². The number of rotatable bonds is 7. The highest BCUT2D eigenvalue weighted by Crippen LogP contribution is 2.31. The van der Waals surface area contributed by atoms with Gasteiger partial charge in [0.05, 0.1) is 18.8 Å². The van der Waals surface area contributed by atoms with Crippen molar-refractivity contribution in [2.24, 2.45) is 0 Å². The number of fused-ring (bicyclic) bond motifs is 1. The Morgan fingerprint density at radius 1 is 1.29 bits per heavy atom. The standard InChI is InChI=1S/C22H32N8O/c1-14(2)18-19-20(30(28-18)10-11-31-5)21(25-17-7-6-15(3)12-24-17)27-22(26-19)29-9-8-23-16(4)13-29/h6-7,12,14,16,23H,8-11,13H2,1-5H3,(H,24,25,26,27)/t16-/m1/s1. The van der Waals surface area contributed by atoms with Crippen molar-refractivity contribution in [1.29, 1.82) is 0 Å². The molecule has 0 radical (unpaired) electrons. The van der Waals surface area contributed by atoms with Crippen LogP contribution >= 0.6 is 0 Å². The molecule has 2 N–H and O–H groups in total. The summed E-state index contributed by atoms with van der Waals surface area (Å²) in [6, 6.07) is 4.39. The fourth-order valence-electron chi connectivity index (χ4n) is 3.83. The van der Waals surface area contributed by atoms with Crippen LogP contribution in [0.4, 0.5) is 17.6 Å². The van der Waals surface area contributed by atoms with Crippen LogP contribution in [-0.2, 0) is 11.3 Å². The lowest BCUT2D eigenvalue weighted by Gasteiger charge is -2.32. The average Bonchev–Trinajstić information content (AvgIpc) is 3.13. The zero-order valence-corrected chi connectivity index (χ0v) is 19.0. The molecule has 0 spiro atoms. The normalized spacial score (nSPS) is 17.0. The highest BCUT2D eigenvalue weighted by atomic mass is 16.5. The molecule has 1 atom stereocenters. The Bertz CT molecular complexity index is 1030. The summed E-state index contributed by atoms with van der Waals surface area (Å²) >= 11 is 0. The first kappa shape index (κ1) is 21.5. The molecule has 1 saturated heterocycles. The van der Waals surface area contributed by atoms with E-state index < -0.39 is 0 Å². The quantitative estimate of drug-likeness (QED) is 0.598. The van der Waals surface area contributed by atoms with Crippen molar-refractivity contribution in [2.45, 2.75) is 46.2 Å². The number of hydrogen-bond acceptors (Lipinski definition) is 8. The Morgan fingerprint density at radius 2 is 2.13 bits per heavy atom. The second kappa shape index (κ2) is 9.15. The topological polar surface area (TPSA) is 93.0 Å². The van der Waals surface area contributed by atoms with Crippen LogP contribution in [0.1, 0.15) is 37.9 Å². The van der Waals surface area contributed by atoms with Crippen LogP contribution in [0.5, 0.6) is 0 Å². The van der Waals surface area contributed by atoms with Crippen LogP contribution in [0.15, 0.2) is 18.3 Å². The number of anilines is 3. The van der Waals surface area contributed by atoms with Gasteiger partial charge in [0.1, 0.15) is 16.9 Å². The van der Waals surface area contributed by atoms with Crippen molar-refractivity contribution >= 4 is 28.6 Å². The van der Waals surface area contributed by atoms with E-state index in [2.05, 4.69) is 41.3 Å². The molecule has 3 aromatic rings. The summed E-state index contributed by atoms with van der Waals surface area (Å²) in [5.41, 5.74) is 3.85. The number of aromatic nitrogens is 5. The van der Waals surface area contributed by atoms with Gasteiger partial charge in [0.15, 0.2) is 5.82 Å². The lowest BCUT2D eigenvalue weighted by molar-refractivity contribution is 0.184. The highest BCUT2D eigenvalue weighted by molar-refractivity contribution is 5.90. The van der Waals surface area contributed by atoms with Crippen molar-refractivity contribution in [3.63, 3.8) is 0 Å². The van der Waals surface area contributed by atoms with Gasteiger partial charge >= 0.3 is 0 Å². The summed E-state index contributed by atoms with van der Waals surface area (Å²) in [5.74, 6) is 2.43. The first-order valence-electron chi connectivity index (χ1n) is 10.9. The minimum Gasteiger partial charge on any atom is -0.383 e. The molecule has 0 unspecified atom stereocenters. The minimum atomic E-state index is 0.237. The Morgan fingerprint density at radius 3 is 2.81 bits per heavy atom. The van der Waals surface area contributed by atoms with Crippen molar-refractivity contribution < 1.29 is 4.74 Å². The number of methoxy groups -OCH3 is 1. The summed E-state index contributed by atoms with van der Waals surface area (Å²) in [5, 5.41) is 11.8. The number of pyridine rings is 1. The molecule has 3 aromatic heterocycles. The average molecular weight is 425 g/mol. The largest absolute Gasteiger partial charge is 0.383 e. The lowest BCUT2D eigenvalue weighted by Crippen LogP contribution is -2.49. The maximum Gasteiger partial charge on any atom is 0.228 e. The van der Waals surface area contributed by atoms with Crippen molar-refractivity contribution in [2.75, 3.05) is 43.6 Å². The monoisotopic (exact) mass is 424 g/mol. The fraction of sp³-hybridized carbons (Fsp3) is 0.545. The predicted octanol–water partition coefficient (Wildman–Crippen LogP) is 2.84. The molecular weight excluding hydrogens is 392 g/mol. The summed E-state index contributed by atoms with van der Waals surface area (Å²) in [6.07, 6.45) is 1.85. The van der Waals surface area contributed by atoms with Gasteiger partial charge in [-0.05, 0) is 31.4 Å². The van der Waals surface area contributed by atoms with Gasteiger partial charge in [-0.2, -0.15) is 10.1 Å². The molecule has 0 aliphatic carbocycles. The number of hydrogen-bond donors (Lipinski definition) is 2. The van der Waals surface area contributed by atoms with Crippen LogP contribution in [0.25, 0.3) is 11.0 Å².